The van der Waals surface area contributed by atoms with Crippen molar-refractivity contribution in [2.75, 3.05) is 20.3 Å². The summed E-state index contributed by atoms with van der Waals surface area (Å²) in [6.07, 6.45) is 2.05. The molecule has 0 aliphatic heterocycles. The summed E-state index contributed by atoms with van der Waals surface area (Å²) in [5.74, 6) is -0.784. The molecule has 0 aromatic heterocycles. The maximum Gasteiger partial charge on any atom is 0.331 e. The smallest absolute Gasteiger partial charge is 0.331 e. The van der Waals surface area contributed by atoms with Gasteiger partial charge < -0.3 is 14.6 Å². The Labute approximate surface area is 84.0 Å². The van der Waals surface area contributed by atoms with E-state index in [4.69, 9.17) is 5.11 Å². The maximum absolute atomic E-state index is 10.1. The quantitative estimate of drug-likeness (QED) is 0.535. The van der Waals surface area contributed by atoms with E-state index in [9.17, 15) is 9.59 Å². The summed E-state index contributed by atoms with van der Waals surface area (Å²) < 4.78 is 8.65. The Morgan fingerprint density at radius 3 is 2.14 bits per heavy atom. The van der Waals surface area contributed by atoms with Gasteiger partial charge in [0.2, 0.25) is 0 Å². The number of esters is 2. The van der Waals surface area contributed by atoms with Gasteiger partial charge in [0.05, 0.1) is 13.7 Å². The number of aliphatic hydroxyl groups excluding tert-OH is 1. The number of unbranched alkanes of at least 4 members (excludes halogenated alkanes) is 1. The molecule has 0 aliphatic carbocycles. The van der Waals surface area contributed by atoms with Gasteiger partial charge in [-0.2, -0.15) is 0 Å². The van der Waals surface area contributed by atoms with Crippen molar-refractivity contribution >= 4 is 11.9 Å². The van der Waals surface area contributed by atoms with Crippen molar-refractivity contribution in [2.45, 2.75) is 26.7 Å². The van der Waals surface area contributed by atoms with E-state index in [1.807, 2.05) is 0 Å². The van der Waals surface area contributed by atoms with Crippen LogP contribution in [0.2, 0.25) is 0 Å². The van der Waals surface area contributed by atoms with Crippen molar-refractivity contribution < 1.29 is 24.2 Å². The van der Waals surface area contributed by atoms with E-state index in [0.717, 1.165) is 12.8 Å². The predicted molar refractivity (Wildman–Crippen MR) is 50.6 cm³/mol. The van der Waals surface area contributed by atoms with Crippen LogP contribution in [0.25, 0.3) is 0 Å². The van der Waals surface area contributed by atoms with E-state index >= 15 is 0 Å². The third-order valence-electron chi connectivity index (χ3n) is 1.16. The molecule has 5 nitrogen and oxygen atoms in total. The van der Waals surface area contributed by atoms with Gasteiger partial charge in [0, 0.05) is 6.92 Å². The Hall–Kier alpha value is -1.10. The molecule has 84 valence electrons. The third kappa shape index (κ3) is 17.1. The SMILES string of the molecule is CCCCOC(C)=O.COC(=O)CO. The summed E-state index contributed by atoms with van der Waals surface area (Å²) in [6.45, 7) is 3.53. The predicted octanol–water partition coefficient (Wildman–Crippen LogP) is 0.501. The number of carbonyl (C=O) groups is 2. The lowest BCUT2D eigenvalue weighted by Gasteiger charge is -1.96. The fraction of sp³-hybridized carbons (Fsp3) is 0.778. The molecule has 0 saturated heterocycles. The van der Waals surface area contributed by atoms with Gasteiger partial charge in [0.25, 0.3) is 0 Å². The molecule has 0 rings (SSSR count). The molecule has 0 bridgehead atoms. The summed E-state index contributed by atoms with van der Waals surface area (Å²) in [5.41, 5.74) is 0. The van der Waals surface area contributed by atoms with Crippen LogP contribution < -0.4 is 0 Å². The van der Waals surface area contributed by atoms with Crippen molar-refractivity contribution in [3.63, 3.8) is 0 Å². The Balaban J connectivity index is 0. The standard InChI is InChI=1S/C6H12O2.C3H6O3/c1-3-4-5-8-6(2)7;1-6-3(5)2-4/h3-5H2,1-2H3;4H,2H2,1H3. The fourth-order valence-electron chi connectivity index (χ4n) is 0.425. The molecular formula is C9H18O5. The average molecular weight is 206 g/mol. The van der Waals surface area contributed by atoms with Gasteiger partial charge in [-0.1, -0.05) is 13.3 Å². The molecule has 0 aromatic rings. The minimum absolute atomic E-state index is 0.182. The second kappa shape index (κ2) is 11.9. The maximum atomic E-state index is 10.1. The van der Waals surface area contributed by atoms with Crippen molar-refractivity contribution in [1.29, 1.82) is 0 Å². The largest absolute Gasteiger partial charge is 0.467 e. The Morgan fingerprint density at radius 1 is 1.36 bits per heavy atom. The third-order valence-corrected chi connectivity index (χ3v) is 1.16. The molecule has 0 radical (unpaired) electrons. The first-order valence-electron chi connectivity index (χ1n) is 4.39. The second-order valence-electron chi connectivity index (χ2n) is 2.43. The van der Waals surface area contributed by atoms with Gasteiger partial charge >= 0.3 is 11.9 Å². The molecule has 14 heavy (non-hydrogen) atoms. The molecule has 0 saturated carbocycles. The van der Waals surface area contributed by atoms with Crippen molar-refractivity contribution in [3.05, 3.63) is 0 Å². The van der Waals surface area contributed by atoms with Crippen LogP contribution in [-0.4, -0.2) is 37.4 Å². The minimum atomic E-state index is -0.602. The van der Waals surface area contributed by atoms with Crippen molar-refractivity contribution in [3.8, 4) is 0 Å². The zero-order valence-electron chi connectivity index (χ0n) is 8.91. The van der Waals surface area contributed by atoms with E-state index in [1.54, 1.807) is 0 Å². The fourth-order valence-corrected chi connectivity index (χ4v) is 0.425. The second-order valence-corrected chi connectivity index (χ2v) is 2.43. The number of carbonyl (C=O) groups excluding carboxylic acids is 2. The van der Waals surface area contributed by atoms with Crippen LogP contribution in [-0.2, 0) is 19.1 Å². The zero-order chi connectivity index (χ0) is 11.4. The summed E-state index contributed by atoms with van der Waals surface area (Å²) in [5, 5.41) is 7.86. The molecule has 0 unspecified atom stereocenters. The van der Waals surface area contributed by atoms with Crippen LogP contribution in [0.1, 0.15) is 26.7 Å². The summed E-state index contributed by atoms with van der Waals surface area (Å²) in [7, 11) is 1.22. The van der Waals surface area contributed by atoms with Crippen LogP contribution >= 0.6 is 0 Å². The highest BCUT2D eigenvalue weighted by Crippen LogP contribution is 1.86. The summed E-state index contributed by atoms with van der Waals surface area (Å²) in [6, 6.07) is 0. The number of ether oxygens (including phenoxy) is 2. The molecule has 0 spiro atoms. The highest BCUT2D eigenvalue weighted by Gasteiger charge is 1.89. The highest BCUT2D eigenvalue weighted by molar-refractivity contribution is 5.70. The van der Waals surface area contributed by atoms with Crippen LogP contribution in [0.5, 0.6) is 0 Å². The van der Waals surface area contributed by atoms with E-state index in [1.165, 1.54) is 14.0 Å². The molecule has 0 aliphatic rings. The highest BCUT2D eigenvalue weighted by atomic mass is 16.5. The van der Waals surface area contributed by atoms with Gasteiger partial charge in [0.1, 0.15) is 6.61 Å². The van der Waals surface area contributed by atoms with Crippen molar-refractivity contribution in [2.24, 2.45) is 0 Å². The number of rotatable bonds is 4. The van der Waals surface area contributed by atoms with E-state index < -0.39 is 12.6 Å². The van der Waals surface area contributed by atoms with Crippen molar-refractivity contribution in [1.82, 2.24) is 0 Å². The number of hydrogen-bond donors (Lipinski definition) is 1. The normalized spacial score (nSPS) is 8.29. The lowest BCUT2D eigenvalue weighted by molar-refractivity contribution is -0.144. The van der Waals surface area contributed by atoms with Crippen LogP contribution in [0.3, 0.4) is 0 Å². The first kappa shape index (κ1) is 15.4. The molecule has 5 heteroatoms. The summed E-state index contributed by atoms with van der Waals surface area (Å²) >= 11 is 0. The van der Waals surface area contributed by atoms with Gasteiger partial charge in [-0.3, -0.25) is 4.79 Å². The zero-order valence-corrected chi connectivity index (χ0v) is 8.91. The average Bonchev–Trinajstić information content (AvgIpc) is 2.17. The first-order chi connectivity index (χ1) is 6.58. The van der Waals surface area contributed by atoms with Gasteiger partial charge in [-0.05, 0) is 6.42 Å². The molecule has 1 N–H and O–H groups in total. The van der Waals surface area contributed by atoms with Gasteiger partial charge in [-0.15, -0.1) is 0 Å². The monoisotopic (exact) mass is 206 g/mol. The number of methoxy groups -OCH3 is 1. The Bertz CT molecular complexity index is 149. The van der Waals surface area contributed by atoms with E-state index in [2.05, 4.69) is 16.4 Å². The van der Waals surface area contributed by atoms with Crippen LogP contribution in [0.4, 0.5) is 0 Å². The van der Waals surface area contributed by atoms with Crippen LogP contribution in [0.15, 0.2) is 0 Å². The lowest BCUT2D eigenvalue weighted by atomic mass is 10.4. The topological polar surface area (TPSA) is 72.8 Å². The first-order valence-corrected chi connectivity index (χ1v) is 4.39. The molecule has 0 aromatic carbocycles. The van der Waals surface area contributed by atoms with E-state index in [-0.39, 0.29) is 5.97 Å². The minimum Gasteiger partial charge on any atom is -0.467 e. The molecule has 0 atom stereocenters. The Kier molecular flexibility index (Phi) is 13.1. The summed E-state index contributed by atoms with van der Waals surface area (Å²) in [4.78, 5) is 19.8. The lowest BCUT2D eigenvalue weighted by Crippen LogP contribution is -2.04. The molecule has 0 fully saturated rings. The van der Waals surface area contributed by atoms with Gasteiger partial charge in [-0.25, -0.2) is 4.79 Å². The van der Waals surface area contributed by atoms with E-state index in [0.29, 0.717) is 6.61 Å². The molecule has 0 amide bonds. The Morgan fingerprint density at radius 2 is 1.93 bits per heavy atom. The van der Waals surface area contributed by atoms with Crippen LogP contribution in [0, 0.1) is 0 Å². The number of hydrogen-bond acceptors (Lipinski definition) is 5. The molecule has 0 heterocycles. The molecular weight excluding hydrogens is 188 g/mol. The number of aliphatic hydroxyl groups is 1. The van der Waals surface area contributed by atoms with Gasteiger partial charge in [0.15, 0.2) is 0 Å².